The molecule has 0 bridgehead atoms. The van der Waals surface area contributed by atoms with E-state index < -0.39 is 29.3 Å². The van der Waals surface area contributed by atoms with Gasteiger partial charge in [-0.15, -0.1) is 0 Å². The third kappa shape index (κ3) is 12.0. The van der Waals surface area contributed by atoms with Crippen LogP contribution in [0.25, 0.3) is 0 Å². The lowest BCUT2D eigenvalue weighted by molar-refractivity contribution is -0.140. The number of carbonyl (C=O) groups is 5. The zero-order chi connectivity index (χ0) is 39.2. The molecule has 3 amide bonds. The second-order valence-corrected chi connectivity index (χ2v) is 13.1. The monoisotopic (exact) mass is 737 g/mol. The molecule has 0 aliphatic heterocycles. The SMILES string of the molecule is CCC(CC)N(CCN(C)C(=O)CCC(=O)O)Cc1cccc(C(=O)Nc2ccc(=O)[nH]c2C(=O)Nc2ccc(CCc3ccc(C(=O)O)cc3)cc2)c1. The van der Waals surface area contributed by atoms with Crippen LogP contribution in [0.3, 0.4) is 0 Å². The molecule has 0 saturated carbocycles. The van der Waals surface area contributed by atoms with E-state index in [0.717, 1.165) is 29.5 Å². The molecule has 0 fully saturated rings. The first-order chi connectivity index (χ1) is 25.9. The van der Waals surface area contributed by atoms with Crippen molar-refractivity contribution in [3.8, 4) is 0 Å². The van der Waals surface area contributed by atoms with Crippen molar-refractivity contribution in [2.45, 2.75) is 65.0 Å². The predicted molar refractivity (Wildman–Crippen MR) is 206 cm³/mol. The number of hydrogen-bond acceptors (Lipinski definition) is 7. The molecule has 4 rings (SSSR count). The third-order valence-electron chi connectivity index (χ3n) is 9.24. The van der Waals surface area contributed by atoms with Crippen molar-refractivity contribution in [3.63, 3.8) is 0 Å². The molecular weight excluding hydrogens is 690 g/mol. The first kappa shape index (κ1) is 40.7. The Hall–Kier alpha value is -6.08. The third-order valence-corrected chi connectivity index (χ3v) is 9.24. The quantitative estimate of drug-likeness (QED) is 0.0807. The molecule has 0 atom stereocenters. The number of carboxylic acid groups (broad SMARTS) is 2. The molecular formula is C41H47N5O8. The lowest BCUT2D eigenvalue weighted by Gasteiger charge is -2.32. The Balaban J connectivity index is 1.40. The second-order valence-electron chi connectivity index (χ2n) is 13.1. The summed E-state index contributed by atoms with van der Waals surface area (Å²) in [5.41, 5.74) is 3.46. The molecule has 54 heavy (non-hydrogen) atoms. The predicted octanol–water partition coefficient (Wildman–Crippen LogP) is 5.68. The van der Waals surface area contributed by atoms with Crippen LogP contribution in [-0.2, 0) is 29.0 Å². The first-order valence-electron chi connectivity index (χ1n) is 17.9. The molecule has 0 saturated heterocycles. The van der Waals surface area contributed by atoms with Crippen LogP contribution in [0.4, 0.5) is 11.4 Å². The van der Waals surface area contributed by atoms with Gasteiger partial charge in [-0.1, -0.05) is 50.2 Å². The zero-order valence-electron chi connectivity index (χ0n) is 30.8. The van der Waals surface area contributed by atoms with Crippen LogP contribution in [0, 0.1) is 0 Å². The molecule has 0 unspecified atom stereocenters. The summed E-state index contributed by atoms with van der Waals surface area (Å²) in [5.74, 6) is -3.31. The van der Waals surface area contributed by atoms with Crippen molar-refractivity contribution in [3.05, 3.63) is 129 Å². The van der Waals surface area contributed by atoms with Crippen molar-refractivity contribution < 1.29 is 34.2 Å². The highest BCUT2D eigenvalue weighted by atomic mass is 16.4. The number of nitrogens with one attached hydrogen (secondary N) is 3. The highest BCUT2D eigenvalue weighted by Gasteiger charge is 2.20. The fourth-order valence-electron chi connectivity index (χ4n) is 6.05. The van der Waals surface area contributed by atoms with Crippen molar-refractivity contribution >= 4 is 41.0 Å². The van der Waals surface area contributed by atoms with E-state index in [4.69, 9.17) is 10.2 Å². The fraction of sp³-hybridized carbons (Fsp3) is 0.317. The number of pyridine rings is 1. The number of hydrogen-bond donors (Lipinski definition) is 5. The summed E-state index contributed by atoms with van der Waals surface area (Å²) >= 11 is 0. The average Bonchev–Trinajstić information content (AvgIpc) is 3.16. The number of benzene rings is 3. The van der Waals surface area contributed by atoms with Gasteiger partial charge in [-0.05, 0) is 84.8 Å². The Morgan fingerprint density at radius 3 is 1.98 bits per heavy atom. The van der Waals surface area contributed by atoms with Gasteiger partial charge < -0.3 is 30.7 Å². The van der Waals surface area contributed by atoms with Crippen molar-refractivity contribution in [2.24, 2.45) is 0 Å². The van der Waals surface area contributed by atoms with Crippen LogP contribution in [0.15, 0.2) is 89.7 Å². The van der Waals surface area contributed by atoms with Gasteiger partial charge in [0.25, 0.3) is 11.8 Å². The summed E-state index contributed by atoms with van der Waals surface area (Å²) in [4.78, 5) is 79.8. The number of aromatic nitrogens is 1. The topological polar surface area (TPSA) is 189 Å². The number of carbonyl (C=O) groups excluding carboxylic acids is 3. The highest BCUT2D eigenvalue weighted by Crippen LogP contribution is 2.19. The van der Waals surface area contributed by atoms with Crippen LogP contribution >= 0.6 is 0 Å². The highest BCUT2D eigenvalue weighted by molar-refractivity contribution is 6.11. The number of nitrogens with zero attached hydrogens (tertiary/aromatic N) is 2. The molecule has 0 radical (unpaired) electrons. The van der Waals surface area contributed by atoms with Gasteiger partial charge in [0.05, 0.1) is 17.7 Å². The van der Waals surface area contributed by atoms with E-state index in [9.17, 15) is 28.8 Å². The molecule has 0 spiro atoms. The Morgan fingerprint density at radius 1 is 0.722 bits per heavy atom. The Labute approximate surface area is 314 Å². The maximum Gasteiger partial charge on any atom is 0.335 e. The molecule has 1 aromatic heterocycles. The van der Waals surface area contributed by atoms with Gasteiger partial charge in [0.2, 0.25) is 11.5 Å². The van der Waals surface area contributed by atoms with Gasteiger partial charge in [-0.25, -0.2) is 4.79 Å². The van der Waals surface area contributed by atoms with E-state index in [0.29, 0.717) is 43.7 Å². The lowest BCUT2D eigenvalue weighted by Crippen LogP contribution is -2.41. The number of aliphatic carboxylic acids is 1. The van der Waals surface area contributed by atoms with Gasteiger partial charge >= 0.3 is 11.9 Å². The van der Waals surface area contributed by atoms with Crippen LogP contribution in [0.5, 0.6) is 0 Å². The maximum absolute atomic E-state index is 13.5. The summed E-state index contributed by atoms with van der Waals surface area (Å²) in [5, 5.41) is 23.6. The normalized spacial score (nSPS) is 11.0. The number of aryl methyl sites for hydroxylation is 2. The number of amides is 3. The molecule has 4 aromatic rings. The molecule has 0 aliphatic rings. The van der Waals surface area contributed by atoms with Gasteiger partial charge in [0, 0.05) is 56.5 Å². The van der Waals surface area contributed by atoms with Crippen molar-refractivity contribution in [1.29, 1.82) is 0 Å². The zero-order valence-corrected chi connectivity index (χ0v) is 30.8. The second kappa shape index (κ2) is 19.7. The van der Waals surface area contributed by atoms with Crippen LogP contribution in [0.1, 0.15) is 87.4 Å². The minimum Gasteiger partial charge on any atom is -0.481 e. The molecule has 1 heterocycles. The van der Waals surface area contributed by atoms with Crippen LogP contribution in [0.2, 0.25) is 0 Å². The number of anilines is 2. The first-order valence-corrected chi connectivity index (χ1v) is 17.9. The summed E-state index contributed by atoms with van der Waals surface area (Å²) in [6.45, 7) is 5.67. The largest absolute Gasteiger partial charge is 0.481 e. The summed E-state index contributed by atoms with van der Waals surface area (Å²) in [6.07, 6.45) is 2.88. The number of aromatic amines is 1. The van der Waals surface area contributed by atoms with Gasteiger partial charge in [-0.2, -0.15) is 0 Å². The molecule has 284 valence electrons. The van der Waals surface area contributed by atoms with E-state index in [1.54, 1.807) is 66.5 Å². The maximum atomic E-state index is 13.5. The van der Waals surface area contributed by atoms with Gasteiger partial charge in [0.1, 0.15) is 5.69 Å². The van der Waals surface area contributed by atoms with E-state index in [-0.39, 0.29) is 41.7 Å². The minimum absolute atomic E-state index is 0.0588. The smallest absolute Gasteiger partial charge is 0.335 e. The van der Waals surface area contributed by atoms with E-state index >= 15 is 0 Å². The fourth-order valence-corrected chi connectivity index (χ4v) is 6.05. The number of carboxylic acids is 2. The molecule has 13 nitrogen and oxygen atoms in total. The standard InChI is InChI=1S/C41H47N5O8/c1-4-33(5-2)46(24-23-45(3)36(48)21-22-37(49)50)26-29-7-6-8-31(25-29)39(51)43-34-19-20-35(47)44-38(34)40(52)42-32-17-13-28(14-18-32)10-9-27-11-15-30(16-12-27)41(53)54/h6-8,11-20,25,33H,4-5,9-10,21-24,26H2,1-3H3,(H,42,52)(H,43,51)(H,44,47)(H,49,50)(H,53,54). The molecule has 0 aliphatic carbocycles. The average molecular weight is 738 g/mol. The van der Waals surface area contributed by atoms with Crippen LogP contribution in [-0.4, -0.2) is 80.8 Å². The Morgan fingerprint density at radius 2 is 1.37 bits per heavy atom. The molecule has 5 N–H and O–H groups in total. The van der Waals surface area contributed by atoms with Crippen molar-refractivity contribution in [2.75, 3.05) is 30.8 Å². The Kier molecular flexibility index (Phi) is 14.8. The van der Waals surface area contributed by atoms with E-state index in [1.807, 2.05) is 18.2 Å². The van der Waals surface area contributed by atoms with Gasteiger partial charge in [-0.3, -0.25) is 28.9 Å². The number of likely N-dealkylation sites (N-methyl/N-ethyl adjacent to an activating group) is 1. The van der Waals surface area contributed by atoms with E-state index in [2.05, 4.69) is 34.4 Å². The summed E-state index contributed by atoms with van der Waals surface area (Å²) in [7, 11) is 1.66. The van der Waals surface area contributed by atoms with Crippen LogP contribution < -0.4 is 16.2 Å². The lowest BCUT2D eigenvalue weighted by atomic mass is 10.0. The van der Waals surface area contributed by atoms with Crippen molar-refractivity contribution in [1.82, 2.24) is 14.8 Å². The van der Waals surface area contributed by atoms with Gasteiger partial charge in [0.15, 0.2) is 0 Å². The Bertz CT molecular complexity index is 1990. The molecule has 13 heteroatoms. The minimum atomic E-state index is -1.01. The summed E-state index contributed by atoms with van der Waals surface area (Å²) < 4.78 is 0. The number of H-pyrrole nitrogens is 1. The van der Waals surface area contributed by atoms with E-state index in [1.165, 1.54) is 12.1 Å². The number of rotatable bonds is 19. The molecule has 3 aromatic carbocycles. The number of aromatic carboxylic acids is 1. The summed E-state index contributed by atoms with van der Waals surface area (Å²) in [6, 6.07) is 23.9.